The van der Waals surface area contributed by atoms with E-state index in [1.165, 1.54) is 18.2 Å². The monoisotopic (exact) mass is 554 g/mol. The molecule has 0 aromatic heterocycles. The second-order valence-electron chi connectivity index (χ2n) is 8.36. The average Bonchev–Trinajstić information content (AvgIpc) is 2.78. The average molecular weight is 554 g/mol. The van der Waals surface area contributed by atoms with Gasteiger partial charge in [-0.25, -0.2) is 0 Å². The number of hydrogen-bond acceptors (Lipinski definition) is 10. The Morgan fingerprint density at radius 1 is 1.05 bits per heavy atom. The van der Waals surface area contributed by atoms with Crippen molar-refractivity contribution in [1.82, 2.24) is 4.90 Å². The summed E-state index contributed by atoms with van der Waals surface area (Å²) >= 11 is 0. The third kappa shape index (κ3) is 13.1. The summed E-state index contributed by atoms with van der Waals surface area (Å²) in [5.74, 6) is -0.436. The maximum Gasteiger partial charge on any atom is 1.00 e. The predicted octanol–water partition coefficient (Wildman–Crippen LogP) is -5.29. The van der Waals surface area contributed by atoms with Crippen LogP contribution < -0.4 is 53.2 Å². The SMILES string of the molecule is COP(=O)([O-])Cc1cc(CP(=O)(O)OC)cc(N=C([O-])CCCN(C)Cc2ccccc2B(O)O)c1.[Li+].[Li+]. The Kier molecular flexibility index (Phi) is 16.9. The molecule has 0 fully saturated rings. The number of benzene rings is 2. The summed E-state index contributed by atoms with van der Waals surface area (Å²) in [6, 6.07) is 11.3. The molecule has 16 heteroatoms. The first-order chi connectivity index (χ1) is 16.8. The molecule has 0 spiro atoms. The van der Waals surface area contributed by atoms with Gasteiger partial charge in [-0.15, -0.1) is 0 Å². The van der Waals surface area contributed by atoms with Crippen LogP contribution >= 0.6 is 15.2 Å². The van der Waals surface area contributed by atoms with E-state index in [1.54, 1.807) is 24.3 Å². The Morgan fingerprint density at radius 3 is 2.24 bits per heavy atom. The van der Waals surface area contributed by atoms with Crippen LogP contribution in [0.15, 0.2) is 47.5 Å². The summed E-state index contributed by atoms with van der Waals surface area (Å²) in [4.78, 5) is 27.7. The molecule has 0 amide bonds. The first-order valence-electron chi connectivity index (χ1n) is 11.1. The van der Waals surface area contributed by atoms with Gasteiger partial charge in [0.05, 0.1) is 11.8 Å². The van der Waals surface area contributed by atoms with Gasteiger partial charge >= 0.3 is 52.4 Å². The molecule has 0 heterocycles. The first-order valence-corrected chi connectivity index (χ1v) is 14.6. The van der Waals surface area contributed by atoms with Gasteiger partial charge < -0.3 is 43.5 Å². The third-order valence-electron chi connectivity index (χ3n) is 5.32. The van der Waals surface area contributed by atoms with E-state index in [0.29, 0.717) is 30.5 Å². The zero-order valence-electron chi connectivity index (χ0n) is 22.4. The van der Waals surface area contributed by atoms with Gasteiger partial charge in [-0.3, -0.25) is 9.56 Å². The van der Waals surface area contributed by atoms with E-state index in [-0.39, 0.29) is 61.6 Å². The molecule has 3 N–H and O–H groups in total. The molecule has 0 aliphatic rings. The second kappa shape index (κ2) is 17.2. The summed E-state index contributed by atoms with van der Waals surface area (Å²) in [5.41, 5.74) is 1.91. The fourth-order valence-corrected chi connectivity index (χ4v) is 5.11. The van der Waals surface area contributed by atoms with Gasteiger partial charge in [-0.2, -0.15) is 0 Å². The van der Waals surface area contributed by atoms with E-state index in [2.05, 4.69) is 14.0 Å². The van der Waals surface area contributed by atoms with Gasteiger partial charge in [0.15, 0.2) is 0 Å². The molecule has 2 atom stereocenters. The van der Waals surface area contributed by atoms with Crippen molar-refractivity contribution < 1.29 is 80.8 Å². The Labute approximate surface area is 247 Å². The molecule has 0 bridgehead atoms. The van der Waals surface area contributed by atoms with Crippen molar-refractivity contribution in [3.8, 4) is 0 Å². The molecule has 11 nitrogen and oxygen atoms in total. The Morgan fingerprint density at radius 2 is 1.66 bits per heavy atom. The molecule has 2 aromatic carbocycles. The van der Waals surface area contributed by atoms with Crippen molar-refractivity contribution in [3.63, 3.8) is 0 Å². The maximum atomic E-state index is 12.5. The van der Waals surface area contributed by atoms with Crippen LogP contribution in [0.1, 0.15) is 29.5 Å². The molecule has 0 aliphatic heterocycles. The summed E-state index contributed by atoms with van der Waals surface area (Å²) in [6.45, 7) is 0.997. The zero-order valence-corrected chi connectivity index (χ0v) is 24.2. The van der Waals surface area contributed by atoms with Crippen molar-refractivity contribution in [3.05, 3.63) is 59.2 Å². The van der Waals surface area contributed by atoms with Crippen LogP contribution in [0.3, 0.4) is 0 Å². The quantitative estimate of drug-likeness (QED) is 0.0886. The molecule has 0 aliphatic carbocycles. The number of rotatable bonds is 14. The van der Waals surface area contributed by atoms with E-state index in [4.69, 9.17) is 0 Å². The smallest absolute Gasteiger partial charge is 0.862 e. The molecule has 198 valence electrons. The molecule has 0 saturated heterocycles. The fraction of sp³-hybridized carbons (Fsp3) is 0.409. The second-order valence-corrected chi connectivity index (χ2v) is 12.2. The molecule has 2 unspecified atom stereocenters. The Hall–Kier alpha value is -0.650. The molecule has 0 saturated carbocycles. The van der Waals surface area contributed by atoms with Gasteiger partial charge in [-0.1, -0.05) is 30.3 Å². The topological polar surface area (TPSA) is 175 Å². The van der Waals surface area contributed by atoms with Crippen molar-refractivity contribution in [2.45, 2.75) is 31.7 Å². The van der Waals surface area contributed by atoms with Crippen LogP contribution in [-0.2, 0) is 37.0 Å². The van der Waals surface area contributed by atoms with Crippen LogP contribution in [-0.4, -0.2) is 60.7 Å². The van der Waals surface area contributed by atoms with Crippen LogP contribution in [0.25, 0.3) is 0 Å². The molecular weight excluding hydrogens is 523 g/mol. The Balaban J connectivity index is 0.00000684. The zero-order chi connectivity index (χ0) is 26.9. The first kappa shape index (κ1) is 37.3. The van der Waals surface area contributed by atoms with Gasteiger partial charge in [0.2, 0.25) is 0 Å². The van der Waals surface area contributed by atoms with Crippen molar-refractivity contribution in [1.29, 1.82) is 0 Å². The molecule has 0 radical (unpaired) electrons. The normalized spacial score (nSPS) is 14.7. The van der Waals surface area contributed by atoms with Crippen LogP contribution in [0.5, 0.6) is 0 Å². The number of nitrogens with zero attached hydrogens (tertiary/aromatic N) is 2. The van der Waals surface area contributed by atoms with Crippen LogP contribution in [0.4, 0.5) is 5.69 Å². The number of aliphatic imine (C=N–C) groups is 1. The van der Waals surface area contributed by atoms with E-state index in [9.17, 15) is 34.1 Å². The van der Waals surface area contributed by atoms with Gasteiger partial charge in [0, 0.05) is 26.9 Å². The molecule has 2 aromatic rings. The van der Waals surface area contributed by atoms with E-state index in [0.717, 1.165) is 19.8 Å². The van der Waals surface area contributed by atoms with Gasteiger partial charge in [0.1, 0.15) is 7.60 Å². The molecular formula is C22H31BLi2N2O9P2. The number of hydrogen-bond donors (Lipinski definition) is 3. The maximum absolute atomic E-state index is 12.5. The summed E-state index contributed by atoms with van der Waals surface area (Å²) in [7, 11) is -5.70. The van der Waals surface area contributed by atoms with Crippen LogP contribution in [0.2, 0.25) is 0 Å². The third-order valence-corrected chi connectivity index (χ3v) is 7.96. The molecule has 2 rings (SSSR count). The van der Waals surface area contributed by atoms with Crippen molar-refractivity contribution in [2.75, 3.05) is 27.8 Å². The van der Waals surface area contributed by atoms with Gasteiger partial charge in [-0.05, 0) is 66.6 Å². The summed E-state index contributed by atoms with van der Waals surface area (Å²) in [6.07, 6.45) is -0.252. The standard InChI is InChI=1S/C22H33BN2O9P2.2Li/c1-25(14-19-7-4-5-8-21(19)23(27)28)10-6-9-22(26)24-20-12-17(15-35(29,30)33-2)11-18(13-20)16-36(31,32)34-3;;/h4-5,7-8,11-13,27-28H,6,9-10,14-16H2,1-3H3,(H,24,26)(H,29,30)(H,31,32);;/q;2*+1/p-2. The van der Waals surface area contributed by atoms with E-state index in [1.807, 2.05) is 11.9 Å². The summed E-state index contributed by atoms with van der Waals surface area (Å²) in [5, 5.41) is 31.5. The van der Waals surface area contributed by atoms with Crippen molar-refractivity contribution >= 4 is 39.4 Å². The minimum atomic E-state index is -4.17. The van der Waals surface area contributed by atoms with Crippen LogP contribution in [0, 0.1) is 0 Å². The minimum Gasteiger partial charge on any atom is -0.862 e. The van der Waals surface area contributed by atoms with Crippen molar-refractivity contribution in [2.24, 2.45) is 4.99 Å². The van der Waals surface area contributed by atoms with E-state index < -0.39 is 34.4 Å². The summed E-state index contributed by atoms with van der Waals surface area (Å²) < 4.78 is 33.0. The fourth-order valence-electron chi connectivity index (χ4n) is 3.57. The van der Waals surface area contributed by atoms with Gasteiger partial charge in [0.25, 0.3) is 0 Å². The minimum absolute atomic E-state index is 0. The Bertz CT molecular complexity index is 1110. The largest absolute Gasteiger partial charge is 1.00 e. The van der Waals surface area contributed by atoms with E-state index >= 15 is 0 Å². The predicted molar refractivity (Wildman–Crippen MR) is 134 cm³/mol. The molecule has 38 heavy (non-hydrogen) atoms.